The van der Waals surface area contributed by atoms with Crippen molar-refractivity contribution in [3.63, 3.8) is 0 Å². The third kappa shape index (κ3) is 2.20. The minimum Gasteiger partial charge on any atom is -0.274 e. The van der Waals surface area contributed by atoms with Gasteiger partial charge in [0.25, 0.3) is 0 Å². The molecule has 2 aliphatic rings. The van der Waals surface area contributed by atoms with Crippen molar-refractivity contribution in [3.8, 4) is 0 Å². The average Bonchev–Trinajstić information content (AvgIpc) is 2.66. The smallest absolute Gasteiger partial charge is 0.238 e. The number of hydrogen-bond acceptors (Lipinski definition) is 2. The van der Waals surface area contributed by atoms with Crippen LogP contribution in [0.5, 0.6) is 0 Å². The van der Waals surface area contributed by atoms with Crippen molar-refractivity contribution in [1.82, 2.24) is 0 Å². The fraction of sp³-hybridized carbons (Fsp3) is 0.412. The molecule has 0 unspecified atom stereocenters. The normalized spacial score (nSPS) is 25.6. The van der Waals surface area contributed by atoms with Crippen LogP contribution in [-0.2, 0) is 9.59 Å². The van der Waals surface area contributed by atoms with Gasteiger partial charge in [0.05, 0.1) is 17.5 Å². The van der Waals surface area contributed by atoms with Crippen LogP contribution < -0.4 is 4.90 Å². The number of nitrogens with zero attached hydrogens (tertiary/aromatic N) is 1. The van der Waals surface area contributed by atoms with Gasteiger partial charge < -0.3 is 0 Å². The van der Waals surface area contributed by atoms with E-state index in [1.165, 1.54) is 16.0 Å². The van der Waals surface area contributed by atoms with Crippen molar-refractivity contribution in [2.24, 2.45) is 11.8 Å². The first-order valence-electron chi connectivity index (χ1n) is 7.19. The van der Waals surface area contributed by atoms with Crippen LogP contribution in [0.15, 0.2) is 29.3 Å². The second-order valence-corrected chi connectivity index (χ2v) is 6.53. The molecule has 1 aromatic rings. The number of anilines is 1. The highest BCUT2D eigenvalue weighted by Gasteiger charge is 2.49. The molecule has 0 radical (unpaired) electrons. The number of benzene rings is 1. The maximum atomic E-state index is 12.6. The van der Waals surface area contributed by atoms with Crippen molar-refractivity contribution in [3.05, 3.63) is 39.9 Å². The fourth-order valence-corrected chi connectivity index (χ4v) is 3.40. The van der Waals surface area contributed by atoms with Crippen LogP contribution in [0, 0.1) is 18.8 Å². The molecule has 0 aromatic heterocycles. The number of aryl methyl sites for hydroxylation is 1. The summed E-state index contributed by atoms with van der Waals surface area (Å²) < 4.78 is 0. The van der Waals surface area contributed by atoms with Crippen molar-refractivity contribution in [2.45, 2.75) is 33.6 Å². The lowest BCUT2D eigenvalue weighted by molar-refractivity contribution is -0.122. The van der Waals surface area contributed by atoms with E-state index in [-0.39, 0.29) is 23.7 Å². The quantitative estimate of drug-likeness (QED) is 0.583. The Balaban J connectivity index is 1.98. The highest BCUT2D eigenvalue weighted by molar-refractivity contribution is 6.32. The summed E-state index contributed by atoms with van der Waals surface area (Å²) in [4.78, 5) is 26.6. The lowest BCUT2D eigenvalue weighted by Crippen LogP contribution is -2.30. The molecule has 1 heterocycles. The number of halogens is 1. The number of fused-ring (bicyclic) bond motifs is 1. The van der Waals surface area contributed by atoms with E-state index in [0.717, 1.165) is 5.56 Å². The molecular formula is C17H18ClNO2. The van der Waals surface area contributed by atoms with Crippen LogP contribution in [0.2, 0.25) is 5.02 Å². The zero-order chi connectivity index (χ0) is 15.3. The molecule has 0 saturated carbocycles. The van der Waals surface area contributed by atoms with Gasteiger partial charge in [-0.3, -0.25) is 9.59 Å². The van der Waals surface area contributed by atoms with E-state index in [2.05, 4.69) is 13.8 Å². The van der Waals surface area contributed by atoms with Crippen molar-refractivity contribution >= 4 is 29.1 Å². The van der Waals surface area contributed by atoms with Gasteiger partial charge in [0.1, 0.15) is 0 Å². The summed E-state index contributed by atoms with van der Waals surface area (Å²) in [7, 11) is 0. The molecular weight excluding hydrogens is 286 g/mol. The molecule has 1 aromatic carbocycles. The molecule has 110 valence electrons. The summed E-state index contributed by atoms with van der Waals surface area (Å²) in [6.45, 7) is 6.00. The van der Waals surface area contributed by atoms with E-state index >= 15 is 0 Å². The van der Waals surface area contributed by atoms with E-state index < -0.39 is 0 Å². The van der Waals surface area contributed by atoms with Crippen LogP contribution in [0.1, 0.15) is 32.3 Å². The maximum absolute atomic E-state index is 12.6. The van der Waals surface area contributed by atoms with Gasteiger partial charge in [-0.1, -0.05) is 28.8 Å². The molecule has 0 bridgehead atoms. The number of rotatable bonds is 1. The highest BCUT2D eigenvalue weighted by Crippen LogP contribution is 2.42. The van der Waals surface area contributed by atoms with Crippen molar-refractivity contribution in [2.75, 3.05) is 4.90 Å². The largest absolute Gasteiger partial charge is 0.274 e. The second-order valence-electron chi connectivity index (χ2n) is 6.13. The molecule has 1 saturated heterocycles. The summed E-state index contributed by atoms with van der Waals surface area (Å²) in [5, 5.41) is 0.577. The van der Waals surface area contributed by atoms with E-state index in [0.29, 0.717) is 23.6 Å². The summed E-state index contributed by atoms with van der Waals surface area (Å²) in [5.41, 5.74) is 4.00. The van der Waals surface area contributed by atoms with Crippen molar-refractivity contribution in [1.29, 1.82) is 0 Å². The predicted octanol–water partition coefficient (Wildman–Crippen LogP) is 3.88. The number of allylic oxidation sites excluding steroid dienone is 2. The Morgan fingerprint density at radius 2 is 1.52 bits per heavy atom. The summed E-state index contributed by atoms with van der Waals surface area (Å²) in [6.07, 6.45) is 1.38. The number of imide groups is 1. The molecule has 3 nitrogen and oxygen atoms in total. The summed E-state index contributed by atoms with van der Waals surface area (Å²) in [5.74, 6) is -0.587. The topological polar surface area (TPSA) is 37.4 Å². The third-order valence-corrected chi connectivity index (χ3v) is 5.16. The van der Waals surface area contributed by atoms with Crippen molar-refractivity contribution < 1.29 is 9.59 Å². The van der Waals surface area contributed by atoms with E-state index in [1.807, 2.05) is 13.0 Å². The lowest BCUT2D eigenvalue weighted by atomic mass is 9.78. The monoisotopic (exact) mass is 303 g/mol. The SMILES string of the molecule is CC1=C(C)C[C@@H]2C(=O)N(c3ccc(C)c(Cl)c3)C(=O)[C@H]2C1. The lowest BCUT2D eigenvalue weighted by Gasteiger charge is -2.23. The molecule has 1 aliphatic heterocycles. The second kappa shape index (κ2) is 4.99. The van der Waals surface area contributed by atoms with E-state index in [1.54, 1.807) is 12.1 Å². The predicted molar refractivity (Wildman–Crippen MR) is 83.3 cm³/mol. The number of amides is 2. The van der Waals surface area contributed by atoms with Gasteiger partial charge >= 0.3 is 0 Å². The average molecular weight is 304 g/mol. The molecule has 1 aliphatic carbocycles. The molecule has 2 atom stereocenters. The zero-order valence-electron chi connectivity index (χ0n) is 12.4. The van der Waals surface area contributed by atoms with Crippen LogP contribution in [0.3, 0.4) is 0 Å². The van der Waals surface area contributed by atoms with Gasteiger partial charge in [0.15, 0.2) is 0 Å². The van der Waals surface area contributed by atoms with Gasteiger partial charge in [-0.2, -0.15) is 0 Å². The minimum atomic E-state index is -0.207. The Kier molecular flexibility index (Phi) is 3.40. The van der Waals surface area contributed by atoms with Gasteiger partial charge in [-0.05, 0) is 51.3 Å². The first-order chi connectivity index (χ1) is 9.90. The van der Waals surface area contributed by atoms with E-state index in [9.17, 15) is 9.59 Å². The zero-order valence-corrected chi connectivity index (χ0v) is 13.2. The number of hydrogen-bond donors (Lipinski definition) is 0. The Morgan fingerprint density at radius 3 is 2.00 bits per heavy atom. The summed E-state index contributed by atoms with van der Waals surface area (Å²) in [6, 6.07) is 5.34. The van der Waals surface area contributed by atoms with Crippen LogP contribution in [-0.4, -0.2) is 11.8 Å². The molecule has 0 spiro atoms. The first-order valence-corrected chi connectivity index (χ1v) is 7.57. The molecule has 1 fully saturated rings. The molecule has 2 amide bonds. The van der Waals surface area contributed by atoms with E-state index in [4.69, 9.17) is 11.6 Å². The first kappa shape index (κ1) is 14.3. The minimum absolute atomic E-state index is 0.0863. The molecule has 0 N–H and O–H groups in total. The third-order valence-electron chi connectivity index (χ3n) is 4.76. The Bertz CT molecular complexity index is 645. The van der Waals surface area contributed by atoms with Gasteiger partial charge in [-0.15, -0.1) is 0 Å². The van der Waals surface area contributed by atoms with Crippen LogP contribution >= 0.6 is 11.6 Å². The van der Waals surface area contributed by atoms with Crippen LogP contribution in [0.25, 0.3) is 0 Å². The van der Waals surface area contributed by atoms with Crippen LogP contribution in [0.4, 0.5) is 5.69 Å². The molecule has 21 heavy (non-hydrogen) atoms. The summed E-state index contributed by atoms with van der Waals surface area (Å²) >= 11 is 6.13. The fourth-order valence-electron chi connectivity index (χ4n) is 3.23. The van der Waals surface area contributed by atoms with Gasteiger partial charge in [-0.25, -0.2) is 4.90 Å². The van der Waals surface area contributed by atoms with Gasteiger partial charge in [0.2, 0.25) is 11.8 Å². The van der Waals surface area contributed by atoms with Gasteiger partial charge in [0, 0.05) is 5.02 Å². The Hall–Kier alpha value is -1.61. The Labute approximate surface area is 129 Å². The standard InChI is InChI=1S/C17H18ClNO2/c1-9-4-5-12(8-15(9)18)19-16(20)13-6-10(2)11(3)7-14(13)17(19)21/h4-5,8,13-14H,6-7H2,1-3H3/t13-,14-/m0/s1. The molecule has 3 rings (SSSR count). The highest BCUT2D eigenvalue weighted by atomic mass is 35.5. The number of carbonyl (C=O) groups is 2. The Morgan fingerprint density at radius 1 is 1.00 bits per heavy atom. The maximum Gasteiger partial charge on any atom is 0.238 e. The molecule has 4 heteroatoms. The number of carbonyl (C=O) groups excluding carboxylic acids is 2.